The van der Waals surface area contributed by atoms with Gasteiger partial charge in [-0.3, -0.25) is 0 Å². The van der Waals surface area contributed by atoms with E-state index < -0.39 is 28.9 Å². The van der Waals surface area contributed by atoms with Crippen LogP contribution >= 0.6 is 0 Å². The summed E-state index contributed by atoms with van der Waals surface area (Å²) in [4.78, 5) is 11.3. The zero-order valence-electron chi connectivity index (χ0n) is 11.8. The number of aliphatic hydroxyl groups excluding tert-OH is 1. The van der Waals surface area contributed by atoms with Crippen molar-refractivity contribution in [3.63, 3.8) is 0 Å². The maximum Gasteiger partial charge on any atom is 0.330 e. The monoisotopic (exact) mass is 272 g/mol. The second kappa shape index (κ2) is 5.23. The van der Waals surface area contributed by atoms with Crippen LogP contribution in [-0.2, 0) is 9.53 Å². The van der Waals surface area contributed by atoms with Gasteiger partial charge in [0, 0.05) is 31.8 Å². The summed E-state index contributed by atoms with van der Waals surface area (Å²) in [6, 6.07) is 0. The van der Waals surface area contributed by atoms with E-state index in [-0.39, 0.29) is 25.7 Å². The first-order chi connectivity index (χ1) is 8.47. The van der Waals surface area contributed by atoms with Gasteiger partial charge in [-0.15, -0.1) is 0 Å². The van der Waals surface area contributed by atoms with Crippen molar-refractivity contribution in [1.29, 1.82) is 0 Å². The maximum atomic E-state index is 11.3. The Morgan fingerprint density at radius 1 is 1.53 bits per heavy atom. The average molecular weight is 272 g/mol. The van der Waals surface area contributed by atoms with Gasteiger partial charge in [0.2, 0.25) is 0 Å². The third kappa shape index (κ3) is 4.93. The van der Waals surface area contributed by atoms with Gasteiger partial charge in [-0.25, -0.2) is 4.79 Å². The largest absolute Gasteiger partial charge is 0.456 e. The van der Waals surface area contributed by atoms with E-state index in [1.807, 2.05) is 0 Å². The SMILES string of the molecule is C=CC(=O)OC1(C)CC(O)CC(O)(CC(C)(C)O)C1. The predicted molar refractivity (Wildman–Crippen MR) is 70.4 cm³/mol. The van der Waals surface area contributed by atoms with Gasteiger partial charge in [-0.1, -0.05) is 6.58 Å². The summed E-state index contributed by atoms with van der Waals surface area (Å²) in [6.07, 6.45) is 1.00. The van der Waals surface area contributed by atoms with Crippen LogP contribution in [0.2, 0.25) is 0 Å². The van der Waals surface area contributed by atoms with E-state index in [9.17, 15) is 20.1 Å². The van der Waals surface area contributed by atoms with E-state index >= 15 is 0 Å². The lowest BCUT2D eigenvalue weighted by Gasteiger charge is -2.46. The molecule has 3 atom stereocenters. The Hall–Kier alpha value is -0.910. The molecule has 1 aliphatic rings. The van der Waals surface area contributed by atoms with Crippen molar-refractivity contribution < 1.29 is 24.9 Å². The molecule has 1 fully saturated rings. The average Bonchev–Trinajstić information content (AvgIpc) is 2.09. The second-order valence-electron chi connectivity index (χ2n) is 6.53. The lowest BCUT2D eigenvalue weighted by atomic mass is 9.70. The highest BCUT2D eigenvalue weighted by molar-refractivity contribution is 5.81. The van der Waals surface area contributed by atoms with E-state index in [2.05, 4.69) is 6.58 Å². The van der Waals surface area contributed by atoms with Crippen molar-refractivity contribution in [3.8, 4) is 0 Å². The van der Waals surface area contributed by atoms with Crippen LogP contribution in [0.4, 0.5) is 0 Å². The molecule has 1 aliphatic carbocycles. The van der Waals surface area contributed by atoms with Gasteiger partial charge in [0.05, 0.1) is 17.3 Å². The molecule has 0 spiro atoms. The van der Waals surface area contributed by atoms with Gasteiger partial charge in [-0.05, 0) is 20.8 Å². The predicted octanol–water partition coefficient (Wildman–Crippen LogP) is 0.911. The van der Waals surface area contributed by atoms with Crippen LogP contribution in [0.5, 0.6) is 0 Å². The number of ether oxygens (including phenoxy) is 1. The molecule has 3 unspecified atom stereocenters. The highest BCUT2D eigenvalue weighted by atomic mass is 16.6. The Morgan fingerprint density at radius 3 is 2.58 bits per heavy atom. The normalized spacial score (nSPS) is 35.8. The van der Waals surface area contributed by atoms with Crippen molar-refractivity contribution >= 4 is 5.97 Å². The van der Waals surface area contributed by atoms with E-state index in [0.717, 1.165) is 6.08 Å². The summed E-state index contributed by atoms with van der Waals surface area (Å²) >= 11 is 0. The Kier molecular flexibility index (Phi) is 4.44. The highest BCUT2D eigenvalue weighted by Gasteiger charge is 2.48. The molecular weight excluding hydrogens is 248 g/mol. The summed E-state index contributed by atoms with van der Waals surface area (Å²) in [5.41, 5.74) is -3.27. The summed E-state index contributed by atoms with van der Waals surface area (Å²) in [5, 5.41) is 30.3. The Balaban J connectivity index is 2.87. The third-order valence-corrected chi connectivity index (χ3v) is 3.26. The number of carbonyl (C=O) groups excluding carboxylic acids is 1. The van der Waals surface area contributed by atoms with Crippen molar-refractivity contribution in [2.24, 2.45) is 0 Å². The van der Waals surface area contributed by atoms with Crippen LogP contribution in [0.3, 0.4) is 0 Å². The summed E-state index contributed by atoms with van der Waals surface area (Å²) in [7, 11) is 0. The minimum absolute atomic E-state index is 0.109. The summed E-state index contributed by atoms with van der Waals surface area (Å²) in [5.74, 6) is -0.581. The molecule has 0 aromatic carbocycles. The standard InChI is InChI=1S/C14H24O5/c1-5-11(16)19-13(4)6-10(15)7-14(18,9-13)8-12(2,3)17/h5,10,15,17-18H,1,6-9H2,2-4H3. The number of carbonyl (C=O) groups is 1. The number of esters is 1. The van der Waals surface area contributed by atoms with Crippen LogP contribution in [0.15, 0.2) is 12.7 Å². The van der Waals surface area contributed by atoms with Crippen LogP contribution in [0.1, 0.15) is 46.5 Å². The third-order valence-electron chi connectivity index (χ3n) is 3.26. The van der Waals surface area contributed by atoms with Gasteiger partial charge < -0.3 is 20.1 Å². The molecule has 1 rings (SSSR count). The van der Waals surface area contributed by atoms with Gasteiger partial charge in [-0.2, -0.15) is 0 Å². The second-order valence-corrected chi connectivity index (χ2v) is 6.53. The fourth-order valence-corrected chi connectivity index (χ4v) is 3.15. The molecule has 0 radical (unpaired) electrons. The number of hydrogen-bond acceptors (Lipinski definition) is 5. The molecule has 110 valence electrons. The molecule has 5 nitrogen and oxygen atoms in total. The van der Waals surface area contributed by atoms with Gasteiger partial charge >= 0.3 is 5.97 Å². The summed E-state index contributed by atoms with van der Waals surface area (Å²) in [6.45, 7) is 8.20. The molecule has 0 heterocycles. The molecule has 0 saturated heterocycles. The molecular formula is C14H24O5. The molecule has 0 aliphatic heterocycles. The summed E-state index contributed by atoms with van der Waals surface area (Å²) < 4.78 is 5.25. The first-order valence-electron chi connectivity index (χ1n) is 6.45. The molecule has 19 heavy (non-hydrogen) atoms. The van der Waals surface area contributed by atoms with Crippen LogP contribution < -0.4 is 0 Å². The van der Waals surface area contributed by atoms with Crippen molar-refractivity contribution in [1.82, 2.24) is 0 Å². The smallest absolute Gasteiger partial charge is 0.330 e. The fourth-order valence-electron chi connectivity index (χ4n) is 3.15. The van der Waals surface area contributed by atoms with Crippen LogP contribution in [0, 0.1) is 0 Å². The number of rotatable bonds is 4. The minimum Gasteiger partial charge on any atom is -0.456 e. The highest BCUT2D eigenvalue weighted by Crippen LogP contribution is 2.41. The zero-order chi connectivity index (χ0) is 14.9. The maximum absolute atomic E-state index is 11.3. The van der Waals surface area contributed by atoms with E-state index in [0.29, 0.717) is 0 Å². The van der Waals surface area contributed by atoms with Crippen LogP contribution in [0.25, 0.3) is 0 Å². The number of hydrogen-bond donors (Lipinski definition) is 3. The lowest BCUT2D eigenvalue weighted by Crippen LogP contribution is -2.53. The zero-order valence-corrected chi connectivity index (χ0v) is 11.8. The van der Waals surface area contributed by atoms with Gasteiger partial charge in [0.1, 0.15) is 5.60 Å². The van der Waals surface area contributed by atoms with Gasteiger partial charge in [0.15, 0.2) is 0 Å². The number of aliphatic hydroxyl groups is 3. The Bertz CT molecular complexity index is 359. The quantitative estimate of drug-likeness (QED) is 0.523. The topological polar surface area (TPSA) is 87.0 Å². The van der Waals surface area contributed by atoms with Crippen molar-refractivity contribution in [3.05, 3.63) is 12.7 Å². The molecule has 0 aromatic heterocycles. The first kappa shape index (κ1) is 16.1. The first-order valence-corrected chi connectivity index (χ1v) is 6.45. The molecule has 0 bridgehead atoms. The van der Waals surface area contributed by atoms with Crippen molar-refractivity contribution in [2.75, 3.05) is 0 Å². The van der Waals surface area contributed by atoms with Crippen LogP contribution in [-0.4, -0.2) is 44.2 Å². The minimum atomic E-state index is -1.26. The molecule has 5 heteroatoms. The fraction of sp³-hybridized carbons (Fsp3) is 0.786. The molecule has 1 saturated carbocycles. The molecule has 0 amide bonds. The molecule has 3 N–H and O–H groups in total. The lowest BCUT2D eigenvalue weighted by molar-refractivity contribution is -0.182. The van der Waals surface area contributed by atoms with E-state index in [4.69, 9.17) is 4.74 Å². The molecule has 0 aromatic rings. The van der Waals surface area contributed by atoms with Gasteiger partial charge in [0.25, 0.3) is 0 Å². The Morgan fingerprint density at radius 2 is 2.11 bits per heavy atom. The van der Waals surface area contributed by atoms with E-state index in [1.165, 1.54) is 0 Å². The van der Waals surface area contributed by atoms with E-state index in [1.54, 1.807) is 20.8 Å². The van der Waals surface area contributed by atoms with Crippen molar-refractivity contribution in [2.45, 2.75) is 69.4 Å². The Labute approximate surface area is 113 Å².